The lowest BCUT2D eigenvalue weighted by Gasteiger charge is -2.36. The molecule has 0 amide bonds. The molecule has 0 radical (unpaired) electrons. The van der Waals surface area contributed by atoms with E-state index >= 15 is 0 Å². The predicted molar refractivity (Wildman–Crippen MR) is 103 cm³/mol. The first-order valence-corrected chi connectivity index (χ1v) is 10.4. The van der Waals surface area contributed by atoms with Crippen LogP contribution in [0.3, 0.4) is 0 Å². The molecule has 1 aromatic heterocycles. The average Bonchev–Trinajstić information content (AvgIpc) is 2.67. The normalized spacial score (nSPS) is 18.9. The largest absolute Gasteiger partial charge is 0.416 e. The molecular formula is C18H22F3N5O2S. The van der Waals surface area contributed by atoms with E-state index in [2.05, 4.69) is 9.97 Å². The van der Waals surface area contributed by atoms with E-state index in [9.17, 15) is 21.6 Å². The van der Waals surface area contributed by atoms with Gasteiger partial charge < -0.3 is 5.73 Å². The highest BCUT2D eigenvalue weighted by molar-refractivity contribution is 7.86. The number of benzene rings is 1. The summed E-state index contributed by atoms with van der Waals surface area (Å²) in [4.78, 5) is 8.18. The molecule has 0 aliphatic carbocycles. The van der Waals surface area contributed by atoms with Gasteiger partial charge in [0.05, 0.1) is 17.3 Å². The van der Waals surface area contributed by atoms with Crippen LogP contribution in [0.2, 0.25) is 0 Å². The lowest BCUT2D eigenvalue weighted by atomic mass is 9.95. The molecule has 3 rings (SSSR count). The monoisotopic (exact) mass is 429 g/mol. The Kier molecular flexibility index (Phi) is 5.84. The summed E-state index contributed by atoms with van der Waals surface area (Å²) in [7, 11) is -0.888. The lowest BCUT2D eigenvalue weighted by Crippen LogP contribution is -2.45. The molecule has 2 aromatic rings. The number of nitrogen functional groups attached to an aromatic ring is 1. The summed E-state index contributed by atoms with van der Waals surface area (Å²) in [5.74, 6) is -0.0662. The summed E-state index contributed by atoms with van der Waals surface area (Å²) < 4.78 is 67.6. The zero-order valence-electron chi connectivity index (χ0n) is 16.0. The van der Waals surface area contributed by atoms with E-state index in [0.717, 1.165) is 22.9 Å². The zero-order valence-corrected chi connectivity index (χ0v) is 16.8. The van der Waals surface area contributed by atoms with Gasteiger partial charge in [-0.05, 0) is 30.5 Å². The number of rotatable bonds is 4. The van der Waals surface area contributed by atoms with Gasteiger partial charge in [0.2, 0.25) is 5.95 Å². The van der Waals surface area contributed by atoms with Gasteiger partial charge in [-0.3, -0.25) is 0 Å². The van der Waals surface area contributed by atoms with E-state index in [4.69, 9.17) is 5.73 Å². The Bertz CT molecular complexity index is 995. The smallest absolute Gasteiger partial charge is 0.368 e. The van der Waals surface area contributed by atoms with Crippen LogP contribution in [0.15, 0.2) is 30.5 Å². The minimum absolute atomic E-state index is 0.0662. The van der Waals surface area contributed by atoms with Crippen LogP contribution in [-0.4, -0.2) is 47.6 Å². The molecule has 11 heteroatoms. The van der Waals surface area contributed by atoms with Gasteiger partial charge in [-0.2, -0.15) is 30.2 Å². The molecule has 7 nitrogen and oxygen atoms in total. The molecule has 1 atom stereocenters. The van der Waals surface area contributed by atoms with Crippen molar-refractivity contribution in [2.45, 2.75) is 31.5 Å². The number of halogens is 3. The first kappa shape index (κ1) is 21.5. The molecule has 1 fully saturated rings. The highest BCUT2D eigenvalue weighted by Crippen LogP contribution is 2.39. The third kappa shape index (κ3) is 4.36. The van der Waals surface area contributed by atoms with Crippen molar-refractivity contribution >= 4 is 16.2 Å². The van der Waals surface area contributed by atoms with Crippen molar-refractivity contribution in [2.75, 3.05) is 26.4 Å². The standard InChI is InChI=1S/C18H22F3N5O2S/c1-25(2)29(27,28)26-9-4-3-8-15(26)16-14(11-23-17(22)24-16)12-6-5-7-13(10-12)18(19,20)21/h5-7,10-11,15H,3-4,8-9H2,1-2H3,(H2,22,23,24)/t15-/m1/s1. The number of anilines is 1. The van der Waals surface area contributed by atoms with E-state index in [1.54, 1.807) is 0 Å². The number of hydrogen-bond acceptors (Lipinski definition) is 5. The van der Waals surface area contributed by atoms with Crippen molar-refractivity contribution in [3.8, 4) is 11.1 Å². The maximum Gasteiger partial charge on any atom is 0.416 e. The molecule has 0 spiro atoms. The summed E-state index contributed by atoms with van der Waals surface area (Å²) in [6.07, 6.45) is -1.23. The predicted octanol–water partition coefficient (Wildman–Crippen LogP) is 3.08. The van der Waals surface area contributed by atoms with Gasteiger partial charge >= 0.3 is 6.18 Å². The first-order valence-electron chi connectivity index (χ1n) is 9.01. The van der Waals surface area contributed by atoms with Crippen molar-refractivity contribution in [3.05, 3.63) is 41.7 Å². The molecule has 0 saturated carbocycles. The van der Waals surface area contributed by atoms with Crippen LogP contribution in [0.25, 0.3) is 11.1 Å². The van der Waals surface area contributed by atoms with Crippen LogP contribution in [0.4, 0.5) is 19.1 Å². The van der Waals surface area contributed by atoms with Gasteiger partial charge in [0.1, 0.15) is 0 Å². The highest BCUT2D eigenvalue weighted by Gasteiger charge is 2.37. The lowest BCUT2D eigenvalue weighted by molar-refractivity contribution is -0.137. The fraction of sp³-hybridized carbons (Fsp3) is 0.444. The SMILES string of the molecule is CN(C)S(=O)(=O)N1CCCC[C@@H]1c1nc(N)ncc1-c1cccc(C(F)(F)F)c1. The van der Waals surface area contributed by atoms with Gasteiger partial charge in [0.15, 0.2) is 0 Å². The third-order valence-electron chi connectivity index (χ3n) is 4.86. The summed E-state index contributed by atoms with van der Waals surface area (Å²) >= 11 is 0. The molecule has 0 unspecified atom stereocenters. The van der Waals surface area contributed by atoms with Crippen molar-refractivity contribution in [1.82, 2.24) is 18.6 Å². The molecular weight excluding hydrogens is 407 g/mol. The van der Waals surface area contributed by atoms with Crippen LogP contribution < -0.4 is 5.73 Å². The van der Waals surface area contributed by atoms with Crippen LogP contribution >= 0.6 is 0 Å². The number of nitrogens with two attached hydrogens (primary N) is 1. The van der Waals surface area contributed by atoms with Crippen LogP contribution in [0, 0.1) is 0 Å². The third-order valence-corrected chi connectivity index (χ3v) is 6.82. The fourth-order valence-corrected chi connectivity index (χ4v) is 4.72. The van der Waals surface area contributed by atoms with Crippen molar-refractivity contribution < 1.29 is 21.6 Å². The van der Waals surface area contributed by atoms with E-state index in [1.807, 2.05) is 0 Å². The number of aromatic nitrogens is 2. The Morgan fingerprint density at radius 2 is 1.97 bits per heavy atom. The first-order chi connectivity index (χ1) is 13.5. The summed E-state index contributed by atoms with van der Waals surface area (Å²) in [6, 6.07) is 4.15. The number of hydrogen-bond donors (Lipinski definition) is 1. The second-order valence-corrected chi connectivity index (χ2v) is 9.11. The molecule has 1 aliphatic heterocycles. The summed E-state index contributed by atoms with van der Waals surface area (Å²) in [6.45, 7) is 0.289. The number of nitrogens with zero attached hydrogens (tertiary/aromatic N) is 4. The van der Waals surface area contributed by atoms with Crippen molar-refractivity contribution in [2.24, 2.45) is 0 Å². The van der Waals surface area contributed by atoms with Crippen molar-refractivity contribution in [1.29, 1.82) is 0 Å². The van der Waals surface area contributed by atoms with E-state index in [0.29, 0.717) is 24.1 Å². The summed E-state index contributed by atoms with van der Waals surface area (Å²) in [5.41, 5.74) is 5.83. The molecule has 2 N–H and O–H groups in total. The average molecular weight is 429 g/mol. The van der Waals surface area contributed by atoms with E-state index in [-0.39, 0.29) is 18.1 Å². The topological polar surface area (TPSA) is 92.4 Å². The van der Waals surface area contributed by atoms with Crippen LogP contribution in [0.1, 0.15) is 36.6 Å². The van der Waals surface area contributed by atoms with Gasteiger partial charge in [-0.15, -0.1) is 0 Å². The molecule has 1 aliphatic rings. The Morgan fingerprint density at radius 1 is 1.24 bits per heavy atom. The van der Waals surface area contributed by atoms with Crippen molar-refractivity contribution in [3.63, 3.8) is 0 Å². The Labute approximate surface area is 167 Å². The summed E-state index contributed by atoms with van der Waals surface area (Å²) in [5, 5.41) is 0. The fourth-order valence-electron chi connectivity index (χ4n) is 3.41. The van der Waals surface area contributed by atoms with Crippen LogP contribution in [-0.2, 0) is 16.4 Å². The molecule has 1 saturated heterocycles. The molecule has 29 heavy (non-hydrogen) atoms. The second-order valence-electron chi connectivity index (χ2n) is 7.02. The Hall–Kier alpha value is -2.24. The van der Waals surface area contributed by atoms with Crippen LogP contribution in [0.5, 0.6) is 0 Å². The second kappa shape index (κ2) is 7.88. The van der Waals surface area contributed by atoms with E-state index in [1.165, 1.54) is 36.7 Å². The number of alkyl halides is 3. The minimum atomic E-state index is -4.50. The quantitative estimate of drug-likeness (QED) is 0.806. The Morgan fingerprint density at radius 3 is 2.62 bits per heavy atom. The van der Waals surface area contributed by atoms with Gasteiger partial charge in [0, 0.05) is 32.4 Å². The maximum atomic E-state index is 13.2. The molecule has 158 valence electrons. The molecule has 2 heterocycles. The zero-order chi connectivity index (χ0) is 21.4. The minimum Gasteiger partial charge on any atom is -0.368 e. The van der Waals surface area contributed by atoms with Gasteiger partial charge in [0.25, 0.3) is 10.2 Å². The van der Waals surface area contributed by atoms with Gasteiger partial charge in [-0.1, -0.05) is 18.6 Å². The number of piperidine rings is 1. The van der Waals surface area contributed by atoms with Gasteiger partial charge in [-0.25, -0.2) is 9.97 Å². The highest BCUT2D eigenvalue weighted by atomic mass is 32.2. The van der Waals surface area contributed by atoms with E-state index < -0.39 is 28.0 Å². The molecule has 1 aromatic carbocycles. The maximum absolute atomic E-state index is 13.2. The molecule has 0 bridgehead atoms. The Balaban J connectivity index is 2.14.